The van der Waals surface area contributed by atoms with E-state index < -0.39 is 5.97 Å². The Morgan fingerprint density at radius 2 is 2.00 bits per heavy atom. The van der Waals surface area contributed by atoms with E-state index in [0.29, 0.717) is 29.1 Å². The number of benzene rings is 1. The highest BCUT2D eigenvalue weighted by Gasteiger charge is 2.31. The number of pyridine rings is 1. The van der Waals surface area contributed by atoms with Crippen molar-refractivity contribution in [1.29, 1.82) is 0 Å². The molecule has 0 N–H and O–H groups in total. The van der Waals surface area contributed by atoms with Gasteiger partial charge in [0.1, 0.15) is 0 Å². The molecule has 0 saturated heterocycles. The molecule has 1 amide bonds. The van der Waals surface area contributed by atoms with Gasteiger partial charge in [-0.1, -0.05) is 11.6 Å². The minimum Gasteiger partial charge on any atom is -0.461 e. The van der Waals surface area contributed by atoms with E-state index in [1.165, 1.54) is 0 Å². The van der Waals surface area contributed by atoms with Crippen LogP contribution in [-0.2, 0) is 17.7 Å². The third kappa shape index (κ3) is 3.73. The zero-order valence-electron chi connectivity index (χ0n) is 15.8. The van der Waals surface area contributed by atoms with Gasteiger partial charge in [-0.2, -0.15) is 5.10 Å². The Morgan fingerprint density at radius 1 is 1.21 bits per heavy atom. The highest BCUT2D eigenvalue weighted by atomic mass is 35.5. The van der Waals surface area contributed by atoms with Crippen molar-refractivity contribution < 1.29 is 14.3 Å². The molecule has 0 fully saturated rings. The van der Waals surface area contributed by atoms with Crippen LogP contribution in [-0.4, -0.2) is 44.7 Å². The third-order valence-corrected chi connectivity index (χ3v) is 5.05. The van der Waals surface area contributed by atoms with Gasteiger partial charge in [-0.25, -0.2) is 9.48 Å². The minimum absolute atomic E-state index is 0.127. The van der Waals surface area contributed by atoms with Gasteiger partial charge in [0.15, 0.2) is 5.69 Å². The van der Waals surface area contributed by atoms with E-state index in [1.54, 1.807) is 53.2 Å². The van der Waals surface area contributed by atoms with Gasteiger partial charge in [0.05, 0.1) is 30.1 Å². The van der Waals surface area contributed by atoms with Crippen molar-refractivity contribution >= 4 is 23.5 Å². The second kappa shape index (κ2) is 8.05. The molecule has 1 aliphatic heterocycles. The number of nitrogens with zero attached hydrogens (tertiary/aromatic N) is 4. The molecule has 0 saturated carbocycles. The van der Waals surface area contributed by atoms with Gasteiger partial charge in [0.2, 0.25) is 0 Å². The average molecular weight is 411 g/mol. The maximum Gasteiger partial charge on any atom is 0.359 e. The quantitative estimate of drug-likeness (QED) is 0.617. The van der Waals surface area contributed by atoms with Crippen molar-refractivity contribution in [2.45, 2.75) is 19.9 Å². The predicted octanol–water partition coefficient (Wildman–Crippen LogP) is 3.30. The molecule has 29 heavy (non-hydrogen) atoms. The molecule has 2 aromatic heterocycles. The molecule has 0 spiro atoms. The zero-order valence-corrected chi connectivity index (χ0v) is 16.6. The standard InChI is InChI=1S/C21H19ClN4O3/c1-2-29-21(28)19-17-13-25(20(27)14-4-3-10-23-12-14)11-9-18(17)26(24-19)16-7-5-15(22)6-8-16/h3-8,10,12H,2,9,11,13H2,1H3. The lowest BCUT2D eigenvalue weighted by molar-refractivity contribution is 0.0513. The summed E-state index contributed by atoms with van der Waals surface area (Å²) < 4.78 is 6.93. The molecule has 8 heteroatoms. The Balaban J connectivity index is 1.72. The van der Waals surface area contributed by atoms with E-state index in [9.17, 15) is 9.59 Å². The fourth-order valence-corrected chi connectivity index (χ4v) is 3.55. The first-order chi connectivity index (χ1) is 14.1. The Morgan fingerprint density at radius 3 is 2.69 bits per heavy atom. The first kappa shape index (κ1) is 19.1. The number of esters is 1. The number of rotatable bonds is 4. The van der Waals surface area contributed by atoms with Gasteiger partial charge in [0.25, 0.3) is 5.91 Å². The van der Waals surface area contributed by atoms with Crippen molar-refractivity contribution in [3.63, 3.8) is 0 Å². The lowest BCUT2D eigenvalue weighted by atomic mass is 10.0. The average Bonchev–Trinajstić information content (AvgIpc) is 3.13. The largest absolute Gasteiger partial charge is 0.461 e. The molecule has 0 atom stereocenters. The Kier molecular flexibility index (Phi) is 5.31. The number of aromatic nitrogens is 3. The van der Waals surface area contributed by atoms with E-state index in [-0.39, 0.29) is 24.8 Å². The van der Waals surface area contributed by atoms with Crippen LogP contribution < -0.4 is 0 Å². The molecule has 0 aliphatic carbocycles. The van der Waals surface area contributed by atoms with E-state index in [2.05, 4.69) is 10.1 Å². The molecule has 0 unspecified atom stereocenters. The van der Waals surface area contributed by atoms with E-state index in [1.807, 2.05) is 12.1 Å². The van der Waals surface area contributed by atoms with Crippen LogP contribution in [0.1, 0.15) is 39.0 Å². The number of hydrogen-bond acceptors (Lipinski definition) is 5. The predicted molar refractivity (Wildman–Crippen MR) is 107 cm³/mol. The summed E-state index contributed by atoms with van der Waals surface area (Å²) >= 11 is 6.00. The van der Waals surface area contributed by atoms with Gasteiger partial charge >= 0.3 is 5.97 Å². The first-order valence-electron chi connectivity index (χ1n) is 9.31. The van der Waals surface area contributed by atoms with Crippen molar-refractivity contribution in [2.24, 2.45) is 0 Å². The topological polar surface area (TPSA) is 77.3 Å². The number of fused-ring (bicyclic) bond motifs is 1. The Labute approximate surface area is 172 Å². The van der Waals surface area contributed by atoms with Crippen LogP contribution in [0.2, 0.25) is 5.02 Å². The summed E-state index contributed by atoms with van der Waals surface area (Å²) in [4.78, 5) is 31.1. The number of carbonyl (C=O) groups is 2. The summed E-state index contributed by atoms with van der Waals surface area (Å²) in [7, 11) is 0. The lowest BCUT2D eigenvalue weighted by Gasteiger charge is -2.27. The van der Waals surface area contributed by atoms with Crippen molar-refractivity contribution in [3.05, 3.63) is 76.3 Å². The third-order valence-electron chi connectivity index (χ3n) is 4.79. The van der Waals surface area contributed by atoms with Crippen LogP contribution in [0, 0.1) is 0 Å². The summed E-state index contributed by atoms with van der Waals surface area (Å²) in [5.74, 6) is -0.620. The van der Waals surface area contributed by atoms with Gasteiger partial charge in [-0.3, -0.25) is 9.78 Å². The summed E-state index contributed by atoms with van der Waals surface area (Å²) in [6.45, 7) is 2.80. The van der Waals surface area contributed by atoms with Crippen LogP contribution in [0.4, 0.5) is 0 Å². The number of halogens is 1. The van der Waals surface area contributed by atoms with Gasteiger partial charge in [-0.15, -0.1) is 0 Å². The fourth-order valence-electron chi connectivity index (χ4n) is 3.42. The summed E-state index contributed by atoms with van der Waals surface area (Å²) in [5, 5.41) is 5.14. The van der Waals surface area contributed by atoms with Crippen LogP contribution in [0.5, 0.6) is 0 Å². The lowest BCUT2D eigenvalue weighted by Crippen LogP contribution is -2.36. The van der Waals surface area contributed by atoms with Crippen LogP contribution in [0.3, 0.4) is 0 Å². The van der Waals surface area contributed by atoms with Gasteiger partial charge < -0.3 is 9.64 Å². The Bertz CT molecular complexity index is 1050. The Hall–Kier alpha value is -3.19. The molecule has 148 valence electrons. The zero-order chi connectivity index (χ0) is 20.4. The molecule has 1 aliphatic rings. The second-order valence-corrected chi connectivity index (χ2v) is 7.04. The molecule has 7 nitrogen and oxygen atoms in total. The summed E-state index contributed by atoms with van der Waals surface area (Å²) in [6.07, 6.45) is 3.73. The monoisotopic (exact) mass is 410 g/mol. The van der Waals surface area contributed by atoms with Crippen molar-refractivity contribution in [1.82, 2.24) is 19.7 Å². The first-order valence-corrected chi connectivity index (χ1v) is 9.69. The van der Waals surface area contributed by atoms with E-state index in [0.717, 1.165) is 11.4 Å². The second-order valence-electron chi connectivity index (χ2n) is 6.60. The molecule has 0 bridgehead atoms. The number of hydrogen-bond donors (Lipinski definition) is 0. The molecular formula is C21H19ClN4O3. The number of amides is 1. The summed E-state index contributed by atoms with van der Waals surface area (Å²) in [6, 6.07) is 10.7. The molecule has 3 aromatic rings. The molecule has 3 heterocycles. The normalized spacial score (nSPS) is 13.1. The van der Waals surface area contributed by atoms with Crippen molar-refractivity contribution in [2.75, 3.05) is 13.2 Å². The fraction of sp³-hybridized carbons (Fsp3) is 0.238. The SMILES string of the molecule is CCOC(=O)c1nn(-c2ccc(Cl)cc2)c2c1CN(C(=O)c1cccnc1)CC2. The maximum absolute atomic E-state index is 12.9. The summed E-state index contributed by atoms with van der Waals surface area (Å²) in [5.41, 5.74) is 3.15. The molecular weight excluding hydrogens is 392 g/mol. The van der Waals surface area contributed by atoms with Crippen LogP contribution in [0.25, 0.3) is 5.69 Å². The molecule has 1 aromatic carbocycles. The minimum atomic E-state index is -0.493. The van der Waals surface area contributed by atoms with Gasteiger partial charge in [-0.05, 0) is 43.3 Å². The molecule has 4 rings (SSSR count). The van der Waals surface area contributed by atoms with E-state index >= 15 is 0 Å². The van der Waals surface area contributed by atoms with Crippen LogP contribution >= 0.6 is 11.6 Å². The highest BCUT2D eigenvalue weighted by molar-refractivity contribution is 6.30. The van der Waals surface area contributed by atoms with Crippen molar-refractivity contribution in [3.8, 4) is 5.69 Å². The highest BCUT2D eigenvalue weighted by Crippen LogP contribution is 2.27. The molecule has 0 radical (unpaired) electrons. The van der Waals surface area contributed by atoms with Crippen LogP contribution in [0.15, 0.2) is 48.8 Å². The smallest absolute Gasteiger partial charge is 0.359 e. The maximum atomic E-state index is 12.9. The number of ether oxygens (including phenoxy) is 1. The van der Waals surface area contributed by atoms with Gasteiger partial charge in [0, 0.05) is 35.9 Å². The van der Waals surface area contributed by atoms with E-state index in [4.69, 9.17) is 16.3 Å². The number of carbonyl (C=O) groups excluding carboxylic acids is 2.